The molecule has 0 bridgehead atoms. The van der Waals surface area contributed by atoms with Crippen molar-refractivity contribution in [2.45, 2.75) is 52.0 Å². The first-order valence-corrected chi connectivity index (χ1v) is 10.1. The second-order valence-electron chi connectivity index (χ2n) is 7.08. The molecule has 0 spiro atoms. The number of hydrogen-bond acceptors (Lipinski definition) is 11. The van der Waals surface area contributed by atoms with E-state index in [0.717, 1.165) is 20.8 Å². The second-order valence-corrected chi connectivity index (χ2v) is 7.08. The zero-order valence-corrected chi connectivity index (χ0v) is 18.9. The van der Waals surface area contributed by atoms with Crippen molar-refractivity contribution in [1.82, 2.24) is 5.32 Å². The maximum Gasteiger partial charge on any atom is 0.437 e. The smallest absolute Gasteiger partial charge is 0.437 e. The fourth-order valence-electron chi connectivity index (χ4n) is 3.02. The van der Waals surface area contributed by atoms with E-state index in [9.17, 15) is 24.0 Å². The predicted octanol–water partition coefficient (Wildman–Crippen LogP) is 0.879. The lowest BCUT2D eigenvalue weighted by molar-refractivity contribution is -0.186. The van der Waals surface area contributed by atoms with E-state index in [1.165, 1.54) is 6.92 Å². The Balaban J connectivity index is 2.37. The molecular weight excluding hydrogens is 454 g/mol. The third kappa shape index (κ3) is 8.07. The number of carbonyl (C=O) groups is 5. The maximum absolute atomic E-state index is 12.1. The van der Waals surface area contributed by atoms with Crippen LogP contribution in [0, 0.1) is 0 Å². The van der Waals surface area contributed by atoms with Crippen LogP contribution in [0.2, 0.25) is 0 Å². The topological polar surface area (TPSA) is 168 Å². The first-order chi connectivity index (χ1) is 16.1. The van der Waals surface area contributed by atoms with Crippen molar-refractivity contribution in [1.29, 1.82) is 0 Å². The molecule has 2 amide bonds. The number of hydrogen-bond donors (Lipinski definition) is 2. The summed E-state index contributed by atoms with van der Waals surface area (Å²) in [7, 11) is 0. The van der Waals surface area contributed by atoms with Gasteiger partial charge in [0.1, 0.15) is 12.6 Å². The highest BCUT2D eigenvalue weighted by molar-refractivity contribution is 5.90. The van der Waals surface area contributed by atoms with Gasteiger partial charge >= 0.3 is 24.0 Å². The average molecular weight is 479 g/mol. The van der Waals surface area contributed by atoms with Crippen LogP contribution in [-0.2, 0) is 43.0 Å². The third-order valence-corrected chi connectivity index (χ3v) is 4.21. The Bertz CT molecular complexity index is 949. The summed E-state index contributed by atoms with van der Waals surface area (Å²) in [5.41, 5.74) is 0.427. The van der Waals surface area contributed by atoms with E-state index in [2.05, 4.69) is 15.8 Å². The molecule has 1 heterocycles. The zero-order valence-electron chi connectivity index (χ0n) is 18.9. The first kappa shape index (κ1) is 26.1. The molecule has 1 aliphatic heterocycles. The molecule has 0 aromatic heterocycles. The molecule has 1 fully saturated rings. The van der Waals surface area contributed by atoms with Crippen molar-refractivity contribution in [2.24, 2.45) is 5.16 Å². The number of esters is 3. The van der Waals surface area contributed by atoms with Gasteiger partial charge in [0, 0.05) is 33.4 Å². The fraction of sp³-hybridized carbons (Fsp3) is 0.429. The van der Waals surface area contributed by atoms with Crippen LogP contribution in [0.5, 0.6) is 0 Å². The van der Waals surface area contributed by atoms with E-state index in [1.54, 1.807) is 30.3 Å². The van der Waals surface area contributed by atoms with Crippen molar-refractivity contribution in [2.75, 3.05) is 11.9 Å². The quantitative estimate of drug-likeness (QED) is 0.248. The highest BCUT2D eigenvalue weighted by Crippen LogP contribution is 2.25. The van der Waals surface area contributed by atoms with Gasteiger partial charge in [0.25, 0.3) is 5.90 Å². The minimum absolute atomic E-state index is 0.384. The van der Waals surface area contributed by atoms with E-state index >= 15 is 0 Å². The largest absolute Gasteiger partial charge is 0.466 e. The minimum atomic E-state index is -1.35. The molecule has 0 radical (unpaired) electrons. The summed E-state index contributed by atoms with van der Waals surface area (Å²) >= 11 is 0. The lowest BCUT2D eigenvalue weighted by Crippen LogP contribution is -2.64. The molecule has 2 N–H and O–H groups in total. The molecule has 2 rings (SSSR count). The SMILES string of the molecule is CC(=O)N[C@@H]1/C(=N\OC(=O)Nc2ccccc2)O[C@@H](COC(C)=O)[C@@H](OC(C)=O)[C@@H]1OC(C)=O. The predicted molar refractivity (Wildman–Crippen MR) is 114 cm³/mol. The highest BCUT2D eigenvalue weighted by Gasteiger charge is 2.50. The van der Waals surface area contributed by atoms with Gasteiger partial charge in [-0.25, -0.2) is 4.79 Å². The molecule has 13 nitrogen and oxygen atoms in total. The van der Waals surface area contributed by atoms with Crippen LogP contribution in [0.25, 0.3) is 0 Å². The summed E-state index contributed by atoms with van der Waals surface area (Å²) in [6, 6.07) is 7.06. The normalized spacial score (nSPS) is 22.5. The Labute approximate surface area is 194 Å². The number of carbonyl (C=O) groups excluding carboxylic acids is 5. The first-order valence-electron chi connectivity index (χ1n) is 10.1. The van der Waals surface area contributed by atoms with Crippen LogP contribution in [0.4, 0.5) is 10.5 Å². The Morgan fingerprint density at radius 1 is 0.912 bits per heavy atom. The summed E-state index contributed by atoms with van der Waals surface area (Å²) in [6.07, 6.45) is -4.83. The van der Waals surface area contributed by atoms with Crippen LogP contribution in [-0.4, -0.2) is 66.8 Å². The molecule has 1 saturated heterocycles. The molecule has 0 aliphatic carbocycles. The Morgan fingerprint density at radius 2 is 1.53 bits per heavy atom. The summed E-state index contributed by atoms with van der Waals surface area (Å²) in [5.74, 6) is -3.14. The van der Waals surface area contributed by atoms with E-state index in [0.29, 0.717) is 5.69 Å². The molecule has 13 heteroatoms. The minimum Gasteiger partial charge on any atom is -0.466 e. The molecule has 184 valence electrons. The van der Waals surface area contributed by atoms with Gasteiger partial charge in [0.05, 0.1) is 0 Å². The van der Waals surface area contributed by atoms with Crippen LogP contribution >= 0.6 is 0 Å². The lowest BCUT2D eigenvalue weighted by Gasteiger charge is -2.41. The Kier molecular flexibility index (Phi) is 9.35. The van der Waals surface area contributed by atoms with E-state index in [1.807, 2.05) is 0 Å². The van der Waals surface area contributed by atoms with Crippen LogP contribution in [0.1, 0.15) is 27.7 Å². The fourth-order valence-corrected chi connectivity index (χ4v) is 3.02. The molecule has 1 aromatic rings. The van der Waals surface area contributed by atoms with Crippen molar-refractivity contribution in [3.05, 3.63) is 30.3 Å². The molecule has 0 unspecified atom stereocenters. The van der Waals surface area contributed by atoms with Gasteiger partial charge in [-0.1, -0.05) is 18.2 Å². The molecule has 1 aromatic carbocycles. The number of benzene rings is 1. The van der Waals surface area contributed by atoms with Gasteiger partial charge in [0.15, 0.2) is 18.3 Å². The van der Waals surface area contributed by atoms with Crippen molar-refractivity contribution >= 4 is 41.5 Å². The van der Waals surface area contributed by atoms with Gasteiger partial charge in [-0.15, -0.1) is 0 Å². The van der Waals surface area contributed by atoms with E-state index in [4.69, 9.17) is 23.8 Å². The number of para-hydroxylation sites is 1. The number of oxime groups is 1. The van der Waals surface area contributed by atoms with Gasteiger partial charge in [0.2, 0.25) is 5.91 Å². The molecule has 4 atom stereocenters. The monoisotopic (exact) mass is 479 g/mol. The number of nitrogens with one attached hydrogen (secondary N) is 2. The summed E-state index contributed by atoms with van der Waals surface area (Å²) in [5, 5.41) is 8.56. The van der Waals surface area contributed by atoms with Gasteiger partial charge in [-0.05, 0) is 17.3 Å². The second kappa shape index (κ2) is 12.2. The van der Waals surface area contributed by atoms with Crippen molar-refractivity contribution < 1.29 is 47.8 Å². The number of nitrogens with zero attached hydrogens (tertiary/aromatic N) is 1. The number of amides is 2. The van der Waals surface area contributed by atoms with E-state index < -0.39 is 60.9 Å². The van der Waals surface area contributed by atoms with Gasteiger partial charge < -0.3 is 24.3 Å². The molecular formula is C21H25N3O10. The van der Waals surface area contributed by atoms with Crippen LogP contribution in [0.3, 0.4) is 0 Å². The van der Waals surface area contributed by atoms with Gasteiger partial charge in [-0.2, -0.15) is 0 Å². The van der Waals surface area contributed by atoms with E-state index in [-0.39, 0.29) is 5.90 Å². The van der Waals surface area contributed by atoms with Crippen LogP contribution in [0.15, 0.2) is 35.5 Å². The summed E-state index contributed by atoms with van der Waals surface area (Å²) in [6.45, 7) is 4.12. The zero-order chi connectivity index (χ0) is 25.3. The number of anilines is 1. The molecule has 0 saturated carbocycles. The molecule has 34 heavy (non-hydrogen) atoms. The molecule has 1 aliphatic rings. The lowest BCUT2D eigenvalue weighted by atomic mass is 9.96. The Morgan fingerprint density at radius 3 is 2.09 bits per heavy atom. The Hall–Kier alpha value is -4.16. The van der Waals surface area contributed by atoms with Crippen molar-refractivity contribution in [3.8, 4) is 0 Å². The number of ether oxygens (including phenoxy) is 4. The van der Waals surface area contributed by atoms with Crippen LogP contribution < -0.4 is 10.6 Å². The third-order valence-electron chi connectivity index (χ3n) is 4.21. The maximum atomic E-state index is 12.1. The summed E-state index contributed by atoms with van der Waals surface area (Å²) < 4.78 is 21.2. The highest BCUT2D eigenvalue weighted by atomic mass is 16.7. The summed E-state index contributed by atoms with van der Waals surface area (Å²) in [4.78, 5) is 63.6. The van der Waals surface area contributed by atoms with Crippen molar-refractivity contribution in [3.63, 3.8) is 0 Å². The van der Waals surface area contributed by atoms with Gasteiger partial charge in [-0.3, -0.25) is 29.3 Å². The standard InChI is InChI=1S/C21H25N3O10/c1-11(25)22-17-19(32-14(4)28)18(31-13(3)27)16(10-30-12(2)26)33-20(17)24-34-21(29)23-15-8-6-5-7-9-15/h5-9,16-19H,10H2,1-4H3,(H,22,25)(H,23,29)/b24-20+/t16-,17-,18+,19+/m0/s1. The number of rotatable bonds is 7. The average Bonchev–Trinajstić information content (AvgIpc) is 2.74.